The van der Waals surface area contributed by atoms with Crippen LogP contribution in [-0.2, 0) is 9.91 Å². The topological polar surface area (TPSA) is 171 Å². The van der Waals surface area contributed by atoms with Crippen molar-refractivity contribution in [2.24, 2.45) is 5.41 Å². The molecule has 0 aliphatic carbocycles. The molecule has 2 aromatic carbocycles. The molecule has 2 aromatic rings. The van der Waals surface area contributed by atoms with Crippen molar-refractivity contribution in [1.82, 2.24) is 0 Å². The van der Waals surface area contributed by atoms with E-state index in [1.807, 2.05) is 0 Å². The summed E-state index contributed by atoms with van der Waals surface area (Å²) >= 11 is 12.5. The minimum absolute atomic E-state index is 0.231. The van der Waals surface area contributed by atoms with Crippen molar-refractivity contribution >= 4 is 40.4 Å². The molecule has 0 radical (unpaired) electrons. The smallest absolute Gasteiger partial charge is 0.334 e. The summed E-state index contributed by atoms with van der Waals surface area (Å²) in [5, 5.41) is 41.6. The first-order chi connectivity index (χ1) is 14.1. The molecule has 13 heteroatoms. The van der Waals surface area contributed by atoms with Gasteiger partial charge in [0.15, 0.2) is 0 Å². The fourth-order valence-electron chi connectivity index (χ4n) is 2.78. The second-order valence-corrected chi connectivity index (χ2v) is 8.49. The molecule has 8 N–H and O–H groups in total. The predicted octanol–water partition coefficient (Wildman–Crippen LogP) is 1.62. The van der Waals surface area contributed by atoms with Crippen molar-refractivity contribution in [3.8, 4) is 0 Å². The van der Waals surface area contributed by atoms with E-state index in [1.165, 1.54) is 0 Å². The molecule has 0 heterocycles. The van der Waals surface area contributed by atoms with Gasteiger partial charge in [0.05, 0.1) is 25.2 Å². The molecule has 9 nitrogen and oxygen atoms in total. The quantitative estimate of drug-likeness (QED) is 0.249. The summed E-state index contributed by atoms with van der Waals surface area (Å²) in [6, 6.07) is 13.0. The van der Waals surface area contributed by atoms with Crippen LogP contribution in [0.15, 0.2) is 48.5 Å². The van der Waals surface area contributed by atoms with Crippen LogP contribution in [0.25, 0.3) is 0 Å². The third kappa shape index (κ3) is 6.28. The van der Waals surface area contributed by atoms with Crippen molar-refractivity contribution < 1.29 is 44.3 Å². The summed E-state index contributed by atoms with van der Waals surface area (Å²) in [4.78, 5) is 31.3. The van der Waals surface area contributed by atoms with E-state index in [2.05, 4.69) is 4.31 Å². The van der Waals surface area contributed by atoms with E-state index >= 15 is 0 Å². The normalized spacial score (nSPS) is 12.1. The van der Waals surface area contributed by atoms with Gasteiger partial charge in [0.2, 0.25) is 0 Å². The van der Waals surface area contributed by atoms with Crippen molar-refractivity contribution in [2.75, 3.05) is 19.8 Å². The molecule has 0 aliphatic rings. The number of benzene rings is 2. The lowest BCUT2D eigenvalue weighted by atomic mass is 9.66. The molecule has 30 heavy (non-hydrogen) atoms. The van der Waals surface area contributed by atoms with E-state index in [9.17, 15) is 20.4 Å². The van der Waals surface area contributed by atoms with E-state index in [-0.39, 0.29) is 21.2 Å². The van der Waals surface area contributed by atoms with Crippen molar-refractivity contribution in [2.45, 2.75) is 5.60 Å². The summed E-state index contributed by atoms with van der Waals surface area (Å²) in [7, 11) is -5.22. The Labute approximate surface area is 185 Å². The van der Waals surface area contributed by atoms with E-state index in [0.29, 0.717) is 0 Å². The average molecular weight is 503 g/mol. The highest BCUT2D eigenvalue weighted by molar-refractivity contribution is 7.53. The molecular weight excluding hydrogens is 481 g/mol. The minimum Gasteiger partial charge on any atom is -0.395 e. The molecule has 0 atom stereocenters. The van der Waals surface area contributed by atoms with Crippen molar-refractivity contribution in [3.63, 3.8) is 0 Å². The van der Waals surface area contributed by atoms with Gasteiger partial charge >= 0.3 is 17.2 Å². The molecule has 0 bridgehead atoms. The number of aliphatic hydroxyl groups is 4. The predicted molar refractivity (Wildman–Crippen MR) is 113 cm³/mol. The fraction of sp³-hybridized carbons (Fsp3) is 0.294. The van der Waals surface area contributed by atoms with Crippen LogP contribution in [0.2, 0.25) is 10.0 Å². The molecule has 0 aromatic heterocycles. The molecule has 0 amide bonds. The van der Waals surface area contributed by atoms with E-state index in [1.54, 1.807) is 48.5 Å². The van der Waals surface area contributed by atoms with Gasteiger partial charge in [0, 0.05) is 21.2 Å². The Morgan fingerprint density at radius 2 is 1.03 bits per heavy atom. The zero-order valence-corrected chi connectivity index (χ0v) is 18.7. The first-order valence-electron chi connectivity index (χ1n) is 8.18. The Bertz CT molecular complexity index is 732. The first-order valence-corrected chi connectivity index (χ1v) is 11.3. The number of hydrogen-bond donors (Lipinski definition) is 8. The molecule has 0 saturated carbocycles. The molecule has 0 saturated heterocycles. The molecule has 0 unspecified atom stereocenters. The third-order valence-corrected chi connectivity index (χ3v) is 6.18. The Morgan fingerprint density at radius 3 is 1.27 bits per heavy atom. The van der Waals surface area contributed by atoms with Gasteiger partial charge in [-0.05, 0) is 12.1 Å². The van der Waals surface area contributed by atoms with Crippen molar-refractivity contribution in [1.29, 1.82) is 0 Å². The number of rotatable bonds is 8. The summed E-state index contributed by atoms with van der Waals surface area (Å²) in [5.74, 6) is 0. The number of halogens is 2. The fourth-order valence-corrected chi connectivity index (χ4v) is 3.85. The highest BCUT2D eigenvalue weighted by atomic mass is 35.5. The van der Waals surface area contributed by atoms with Crippen LogP contribution in [0.1, 0.15) is 11.1 Å². The van der Waals surface area contributed by atoms with Crippen LogP contribution >= 0.6 is 40.4 Å². The Hall–Kier alpha value is -0.480. The Morgan fingerprint density at radius 1 is 0.700 bits per heavy atom. The van der Waals surface area contributed by atoms with Crippen LogP contribution < -0.4 is 0 Å². The largest absolute Gasteiger partial charge is 0.395 e. The minimum atomic E-state index is -2.61. The van der Waals surface area contributed by atoms with Crippen LogP contribution in [-0.4, -0.2) is 59.8 Å². The van der Waals surface area contributed by atoms with Gasteiger partial charge in [-0.3, -0.25) is 0 Å². The third-order valence-electron chi connectivity index (χ3n) is 4.35. The van der Waals surface area contributed by atoms with Crippen LogP contribution in [0.4, 0.5) is 0 Å². The van der Waals surface area contributed by atoms with Gasteiger partial charge in [0.25, 0.3) is 0 Å². The summed E-state index contributed by atoms with van der Waals surface area (Å²) in [5.41, 5.74) is -3.18. The van der Waals surface area contributed by atoms with E-state index < -0.39 is 48.0 Å². The summed E-state index contributed by atoms with van der Waals surface area (Å²) in [6.45, 7) is -2.02. The molecule has 0 spiro atoms. The van der Waals surface area contributed by atoms with Gasteiger partial charge in [-0.15, -0.1) is 0 Å². The SMILES string of the molecule is OCC(CO)(CO)C(O)(c1ccccc1Cl)c1ccccc1Cl.OP(O)OP(O)O. The Kier molecular flexibility index (Phi) is 11.5. The molecular formula is C17H22Cl2O9P2. The zero-order chi connectivity index (χ0) is 22.9. The molecule has 2 rings (SSSR count). The highest BCUT2D eigenvalue weighted by Crippen LogP contribution is 2.49. The van der Waals surface area contributed by atoms with Crippen LogP contribution in [0.5, 0.6) is 0 Å². The lowest BCUT2D eigenvalue weighted by Gasteiger charge is -2.45. The average Bonchev–Trinajstić information content (AvgIpc) is 2.69. The molecule has 0 fully saturated rings. The second-order valence-electron chi connectivity index (χ2n) is 6.01. The lowest BCUT2D eigenvalue weighted by Crippen LogP contribution is -2.54. The van der Waals surface area contributed by atoms with Gasteiger partial charge in [-0.25, -0.2) is 4.31 Å². The van der Waals surface area contributed by atoms with Gasteiger partial charge in [-0.1, -0.05) is 59.6 Å². The van der Waals surface area contributed by atoms with Crippen LogP contribution in [0, 0.1) is 5.41 Å². The van der Waals surface area contributed by atoms with E-state index in [4.69, 9.17) is 42.8 Å². The van der Waals surface area contributed by atoms with Gasteiger partial charge in [-0.2, -0.15) is 0 Å². The lowest BCUT2D eigenvalue weighted by molar-refractivity contribution is -0.135. The van der Waals surface area contributed by atoms with Crippen LogP contribution in [0.3, 0.4) is 0 Å². The zero-order valence-electron chi connectivity index (χ0n) is 15.4. The maximum atomic E-state index is 11.6. The van der Waals surface area contributed by atoms with Crippen molar-refractivity contribution in [3.05, 3.63) is 69.7 Å². The van der Waals surface area contributed by atoms with Gasteiger partial charge in [0.1, 0.15) is 5.60 Å². The standard InChI is InChI=1S/C17H18Cl2O4.H4O5P2/c18-14-7-3-1-5-12(14)17(23,16(9-20,10-21)11-22)13-6-2-4-8-15(13)19;1-6(2)5-7(3)4/h1-8,20-23H,9-11H2;1-4H. The highest BCUT2D eigenvalue weighted by Gasteiger charge is 2.53. The summed E-state index contributed by atoms with van der Waals surface area (Å²) < 4.78 is 3.60. The monoisotopic (exact) mass is 502 g/mol. The molecule has 0 aliphatic heterocycles. The maximum Gasteiger partial charge on any atom is 0.334 e. The van der Waals surface area contributed by atoms with Gasteiger partial charge < -0.3 is 40.0 Å². The summed E-state index contributed by atoms with van der Waals surface area (Å²) in [6.07, 6.45) is 0. The Balaban J connectivity index is 0.000000553. The number of aliphatic hydroxyl groups excluding tert-OH is 3. The van der Waals surface area contributed by atoms with E-state index in [0.717, 1.165) is 0 Å². The number of hydrogen-bond acceptors (Lipinski definition) is 9. The second kappa shape index (κ2) is 12.5. The first kappa shape index (κ1) is 27.6. The maximum absolute atomic E-state index is 11.6. The molecule has 168 valence electrons.